The summed E-state index contributed by atoms with van der Waals surface area (Å²) in [5.74, 6) is 0.497. The highest BCUT2D eigenvalue weighted by Gasteiger charge is 2.29. The molecule has 0 saturated carbocycles. The number of thiazole rings is 1. The maximum Gasteiger partial charge on any atom is 0.264 e. The second-order valence-electron chi connectivity index (χ2n) is 9.42. The Morgan fingerprint density at radius 2 is 1.79 bits per heavy atom. The van der Waals surface area contributed by atoms with E-state index in [0.717, 1.165) is 40.1 Å². The van der Waals surface area contributed by atoms with Crippen LogP contribution in [-0.4, -0.2) is 65.0 Å². The minimum atomic E-state index is -3.76. The molecule has 0 atom stereocenters. The molecule has 1 aliphatic rings. The second-order valence-corrected chi connectivity index (χ2v) is 12.3. The summed E-state index contributed by atoms with van der Waals surface area (Å²) >= 11 is 1.42. The van der Waals surface area contributed by atoms with E-state index in [4.69, 9.17) is 9.72 Å². The molecule has 0 radical (unpaired) electrons. The number of aryl methyl sites for hydroxylation is 1. The van der Waals surface area contributed by atoms with Crippen molar-refractivity contribution in [2.75, 3.05) is 50.0 Å². The second kappa shape index (κ2) is 11.9. The smallest absolute Gasteiger partial charge is 0.264 e. The van der Waals surface area contributed by atoms with Gasteiger partial charge in [-0.25, -0.2) is 13.4 Å². The maximum atomic E-state index is 13.7. The van der Waals surface area contributed by atoms with Gasteiger partial charge in [-0.2, -0.15) is 0 Å². The van der Waals surface area contributed by atoms with Gasteiger partial charge in [-0.1, -0.05) is 29.5 Å². The largest absolute Gasteiger partial charge is 0.497 e. The lowest BCUT2D eigenvalue weighted by Gasteiger charge is -2.30. The monoisotopic (exact) mass is 586 g/mol. The number of halogens is 1. The van der Waals surface area contributed by atoms with Crippen molar-refractivity contribution in [2.24, 2.45) is 0 Å². The predicted octanol–water partition coefficient (Wildman–Crippen LogP) is 5.08. The number of nitrogens with zero attached hydrogens (tertiary/aromatic N) is 4. The van der Waals surface area contributed by atoms with Crippen molar-refractivity contribution < 1.29 is 17.9 Å². The van der Waals surface area contributed by atoms with Gasteiger partial charge in [0.25, 0.3) is 15.9 Å². The van der Waals surface area contributed by atoms with E-state index in [1.807, 2.05) is 61.5 Å². The number of benzene rings is 3. The number of hydrogen-bond donors (Lipinski definition) is 0. The van der Waals surface area contributed by atoms with E-state index in [1.165, 1.54) is 27.8 Å². The average Bonchev–Trinajstić information content (AvgIpc) is 3.35. The number of para-hydroxylation sites is 1. The third-order valence-corrected chi connectivity index (χ3v) is 9.46. The molecule has 0 N–H and O–H groups in total. The molecular formula is C28H31ClN4O4S2. The Morgan fingerprint density at radius 1 is 1.05 bits per heavy atom. The summed E-state index contributed by atoms with van der Waals surface area (Å²) in [6.45, 7) is 1.51. The van der Waals surface area contributed by atoms with Gasteiger partial charge in [0, 0.05) is 25.2 Å². The fourth-order valence-corrected chi connectivity index (χ4v) is 7.08. The van der Waals surface area contributed by atoms with Gasteiger partial charge in [-0.15, -0.1) is 12.4 Å². The van der Waals surface area contributed by atoms with Crippen LogP contribution < -0.4 is 13.9 Å². The standard InChI is InChI=1S/C28H30N4O4S2.ClH/c1-30(2)17-18-31(28-29-24-15-12-22(36-3)19-26(24)37-28)27(33)21-10-13-23(14-11-21)38(34,35)32-16-6-8-20-7-4-5-9-25(20)32;/h4-5,7,9-15,19H,6,8,16-18H2,1-3H3;1H. The van der Waals surface area contributed by atoms with Crippen LogP contribution in [0.4, 0.5) is 10.8 Å². The summed E-state index contributed by atoms with van der Waals surface area (Å²) in [6.07, 6.45) is 1.62. The normalized spacial score (nSPS) is 13.2. The molecule has 39 heavy (non-hydrogen) atoms. The average molecular weight is 587 g/mol. The number of rotatable bonds is 8. The Morgan fingerprint density at radius 3 is 2.51 bits per heavy atom. The molecule has 0 spiro atoms. The van der Waals surface area contributed by atoms with Crippen molar-refractivity contribution in [2.45, 2.75) is 17.7 Å². The van der Waals surface area contributed by atoms with Crippen LogP contribution in [0.2, 0.25) is 0 Å². The molecule has 2 heterocycles. The van der Waals surface area contributed by atoms with Crippen LogP contribution in [0, 0.1) is 0 Å². The molecule has 3 aromatic carbocycles. The van der Waals surface area contributed by atoms with Crippen LogP contribution in [0.5, 0.6) is 5.75 Å². The highest BCUT2D eigenvalue weighted by atomic mass is 35.5. The van der Waals surface area contributed by atoms with Gasteiger partial charge in [-0.3, -0.25) is 14.0 Å². The highest BCUT2D eigenvalue weighted by Crippen LogP contribution is 2.34. The van der Waals surface area contributed by atoms with Gasteiger partial charge in [0.05, 0.1) is 27.9 Å². The topological polar surface area (TPSA) is 83.0 Å². The van der Waals surface area contributed by atoms with E-state index in [2.05, 4.69) is 0 Å². The molecule has 0 fully saturated rings. The Labute approximate surface area is 239 Å². The van der Waals surface area contributed by atoms with Crippen molar-refractivity contribution in [3.8, 4) is 5.75 Å². The number of methoxy groups -OCH3 is 1. The lowest BCUT2D eigenvalue weighted by Crippen LogP contribution is -2.37. The number of amides is 1. The molecule has 1 amide bonds. The van der Waals surface area contributed by atoms with Crippen LogP contribution in [0.25, 0.3) is 10.2 Å². The van der Waals surface area contributed by atoms with Crippen LogP contribution in [0.1, 0.15) is 22.3 Å². The Bertz CT molecular complexity index is 1570. The lowest BCUT2D eigenvalue weighted by atomic mass is 10.0. The van der Waals surface area contributed by atoms with Crippen LogP contribution in [0.3, 0.4) is 0 Å². The number of carbonyl (C=O) groups excluding carboxylic acids is 1. The fourth-order valence-electron chi connectivity index (χ4n) is 4.52. The van der Waals surface area contributed by atoms with E-state index in [0.29, 0.717) is 30.3 Å². The van der Waals surface area contributed by atoms with E-state index in [1.54, 1.807) is 24.1 Å². The molecule has 11 heteroatoms. The quantitative estimate of drug-likeness (QED) is 0.286. The molecule has 206 valence electrons. The summed E-state index contributed by atoms with van der Waals surface area (Å²) in [6, 6.07) is 19.4. The van der Waals surface area contributed by atoms with E-state index < -0.39 is 10.0 Å². The zero-order chi connectivity index (χ0) is 26.9. The van der Waals surface area contributed by atoms with E-state index in [9.17, 15) is 13.2 Å². The first kappa shape index (κ1) is 28.8. The number of fused-ring (bicyclic) bond motifs is 2. The number of ether oxygens (including phenoxy) is 1. The Balaban J connectivity index is 0.00000353. The van der Waals surface area contributed by atoms with Crippen molar-refractivity contribution in [1.82, 2.24) is 9.88 Å². The third kappa shape index (κ3) is 5.89. The summed E-state index contributed by atoms with van der Waals surface area (Å²) < 4.78 is 34.8. The Hall–Kier alpha value is -3.18. The lowest BCUT2D eigenvalue weighted by molar-refractivity contribution is 0.0985. The summed E-state index contributed by atoms with van der Waals surface area (Å²) in [7, 11) is 1.76. The van der Waals surface area contributed by atoms with Crippen LogP contribution in [-0.2, 0) is 16.4 Å². The summed E-state index contributed by atoms with van der Waals surface area (Å²) in [4.78, 5) is 22.2. The minimum Gasteiger partial charge on any atom is -0.497 e. The van der Waals surface area contributed by atoms with Gasteiger partial charge in [-0.05, 0) is 81.0 Å². The number of aromatic nitrogens is 1. The zero-order valence-corrected chi connectivity index (χ0v) is 24.5. The van der Waals surface area contributed by atoms with Gasteiger partial charge >= 0.3 is 0 Å². The van der Waals surface area contributed by atoms with Crippen molar-refractivity contribution in [3.05, 3.63) is 77.9 Å². The van der Waals surface area contributed by atoms with Crippen LogP contribution >= 0.6 is 23.7 Å². The number of sulfonamides is 1. The first-order chi connectivity index (χ1) is 18.3. The van der Waals surface area contributed by atoms with E-state index in [-0.39, 0.29) is 23.2 Å². The Kier molecular flexibility index (Phi) is 8.80. The predicted molar refractivity (Wildman–Crippen MR) is 159 cm³/mol. The van der Waals surface area contributed by atoms with Gasteiger partial charge in [0.1, 0.15) is 5.75 Å². The maximum absolute atomic E-state index is 13.7. The third-order valence-electron chi connectivity index (χ3n) is 6.59. The van der Waals surface area contributed by atoms with Gasteiger partial charge < -0.3 is 9.64 Å². The summed E-state index contributed by atoms with van der Waals surface area (Å²) in [5.41, 5.74) is 2.94. The van der Waals surface area contributed by atoms with Crippen molar-refractivity contribution in [3.63, 3.8) is 0 Å². The fraction of sp³-hybridized carbons (Fsp3) is 0.286. The van der Waals surface area contributed by atoms with Gasteiger partial charge in [0.15, 0.2) is 5.13 Å². The first-order valence-corrected chi connectivity index (χ1v) is 14.7. The van der Waals surface area contributed by atoms with Crippen LogP contribution in [0.15, 0.2) is 71.6 Å². The molecule has 5 rings (SSSR count). The number of anilines is 2. The number of carbonyl (C=O) groups is 1. The molecule has 0 saturated heterocycles. The molecule has 4 aromatic rings. The number of hydrogen-bond acceptors (Lipinski definition) is 7. The molecule has 0 aliphatic carbocycles. The molecular weight excluding hydrogens is 556 g/mol. The zero-order valence-electron chi connectivity index (χ0n) is 22.0. The molecule has 0 bridgehead atoms. The van der Waals surface area contributed by atoms with Gasteiger partial charge in [0.2, 0.25) is 0 Å². The van der Waals surface area contributed by atoms with E-state index >= 15 is 0 Å². The number of likely N-dealkylation sites (N-methyl/N-ethyl adjacent to an activating group) is 1. The van der Waals surface area contributed by atoms with Crippen molar-refractivity contribution in [1.29, 1.82) is 0 Å². The summed E-state index contributed by atoms with van der Waals surface area (Å²) in [5, 5.41) is 0.585. The SMILES string of the molecule is COc1ccc2nc(N(CCN(C)C)C(=O)c3ccc(S(=O)(=O)N4CCCc5ccccc54)cc3)sc2c1.Cl. The molecule has 1 aromatic heterocycles. The minimum absolute atomic E-state index is 0. The molecule has 0 unspecified atom stereocenters. The highest BCUT2D eigenvalue weighted by molar-refractivity contribution is 7.92. The first-order valence-electron chi connectivity index (χ1n) is 12.4. The van der Waals surface area contributed by atoms with Crippen molar-refractivity contribution >= 4 is 60.7 Å². The molecule has 8 nitrogen and oxygen atoms in total. The molecule has 1 aliphatic heterocycles.